The van der Waals surface area contributed by atoms with Crippen LogP contribution >= 0.6 is 0 Å². The quantitative estimate of drug-likeness (QED) is 0.136. The van der Waals surface area contributed by atoms with Crippen LogP contribution < -0.4 is 14.5 Å². The van der Waals surface area contributed by atoms with E-state index in [9.17, 15) is 0 Å². The molecule has 4 aromatic heterocycles. The highest BCUT2D eigenvalue weighted by molar-refractivity contribution is 5.92. The van der Waals surface area contributed by atoms with Crippen LogP contribution in [0.4, 0.5) is 37.7 Å². The highest BCUT2D eigenvalue weighted by atomic mass is 19.4. The van der Waals surface area contributed by atoms with Crippen molar-refractivity contribution in [2.24, 2.45) is 0 Å². The van der Waals surface area contributed by atoms with Crippen molar-refractivity contribution in [3.63, 3.8) is 0 Å². The van der Waals surface area contributed by atoms with Crippen LogP contribution in [0.2, 0.25) is 0 Å². The molecule has 7 nitrogen and oxygen atoms in total. The molecule has 0 saturated carbocycles. The van der Waals surface area contributed by atoms with Crippen LogP contribution in [0.15, 0.2) is 73.1 Å². The molecule has 0 atom stereocenters. The molecule has 1 aliphatic heterocycles. The number of nitrogens with zero attached hydrogens (tertiary/aromatic N) is 7. The third-order valence-electron chi connectivity index (χ3n) is 9.88. The number of anilines is 2. The van der Waals surface area contributed by atoms with E-state index in [0.29, 0.717) is 39.3 Å². The summed E-state index contributed by atoms with van der Waals surface area (Å²) in [6.07, 6.45) is -6.76. The predicted molar refractivity (Wildman–Crippen MR) is 182 cm³/mol. The van der Waals surface area contributed by atoms with Gasteiger partial charge < -0.3 is 9.80 Å². The lowest BCUT2D eigenvalue weighted by Crippen LogP contribution is -2.46. The standard InChI is InChI=1S/C37H36F6N7/c1-34(2)26-12-9-11-23-24(26)19-48(33(23)36(38,39)40)31-17-21(46(5)6)15-29(44-31)35(3,4)30-16-22(47(7)8)18-32(45-30)49-20-25-27(34)13-10-14-28(25)50(49)37(41,42)43/h9-20H,1-8H3/q+1. The molecular weight excluding hydrogens is 656 g/mol. The lowest BCUT2D eigenvalue weighted by Gasteiger charge is -2.27. The SMILES string of the molecule is CN(C)c1cc2nc(c1)C(C)(C)c1cc(N(C)C)cc(n1)-[n+]1cc3c(cccc3n1C(F)(F)F)C(C)(C)c1cccc3c(C(F)(F)F)n-2cc13. The van der Waals surface area contributed by atoms with Gasteiger partial charge in [-0.05, 0) is 42.1 Å². The first-order valence-electron chi connectivity index (χ1n) is 16.0. The number of rotatable bonds is 2. The Kier molecular flexibility index (Phi) is 7.16. The molecule has 0 fully saturated rings. The number of halogens is 6. The van der Waals surface area contributed by atoms with Gasteiger partial charge in [-0.1, -0.05) is 44.2 Å². The molecule has 8 bridgehead atoms. The van der Waals surface area contributed by atoms with Gasteiger partial charge in [-0.25, -0.2) is 4.98 Å². The summed E-state index contributed by atoms with van der Waals surface area (Å²) < 4.78 is 93.3. The Balaban J connectivity index is 1.72. The summed E-state index contributed by atoms with van der Waals surface area (Å²) in [4.78, 5) is 13.2. The summed E-state index contributed by atoms with van der Waals surface area (Å²) in [6, 6.07) is 16.1. The van der Waals surface area contributed by atoms with Gasteiger partial charge in [0, 0.05) is 79.5 Å². The second-order valence-corrected chi connectivity index (χ2v) is 14.3. The maximum Gasteiger partial charge on any atom is 0.520 e. The molecule has 260 valence electrons. The van der Waals surface area contributed by atoms with E-state index in [-0.39, 0.29) is 32.6 Å². The van der Waals surface area contributed by atoms with Crippen molar-refractivity contribution in [1.29, 1.82) is 0 Å². The van der Waals surface area contributed by atoms with Crippen molar-refractivity contribution in [3.05, 3.63) is 101 Å². The number of hydrogen-bond donors (Lipinski definition) is 0. The van der Waals surface area contributed by atoms with E-state index in [1.165, 1.54) is 24.5 Å². The molecular formula is C37H36F6N7+. The summed E-state index contributed by atoms with van der Waals surface area (Å²) >= 11 is 0. The molecule has 0 amide bonds. The van der Waals surface area contributed by atoms with Crippen molar-refractivity contribution in [2.75, 3.05) is 38.0 Å². The molecule has 0 spiro atoms. The van der Waals surface area contributed by atoms with Gasteiger partial charge in [0.15, 0.2) is 5.69 Å². The normalized spacial score (nSPS) is 15.3. The molecule has 0 unspecified atom stereocenters. The minimum Gasteiger partial charge on any atom is -0.377 e. The largest absolute Gasteiger partial charge is 0.520 e. The molecule has 7 rings (SSSR count). The van der Waals surface area contributed by atoms with E-state index in [4.69, 9.17) is 9.97 Å². The Hall–Kier alpha value is -5.07. The Morgan fingerprint density at radius 1 is 0.680 bits per heavy atom. The summed E-state index contributed by atoms with van der Waals surface area (Å²) in [5.41, 5.74) is -0.197. The minimum atomic E-state index is -4.85. The first-order valence-corrected chi connectivity index (χ1v) is 16.0. The van der Waals surface area contributed by atoms with Crippen molar-refractivity contribution < 1.29 is 31.0 Å². The van der Waals surface area contributed by atoms with E-state index in [2.05, 4.69) is 0 Å². The first kappa shape index (κ1) is 33.4. The van der Waals surface area contributed by atoms with Crippen molar-refractivity contribution in [3.8, 4) is 11.6 Å². The number of hydrogen-bond acceptors (Lipinski definition) is 4. The third kappa shape index (κ3) is 4.99. The lowest BCUT2D eigenvalue weighted by atomic mass is 9.75. The van der Waals surface area contributed by atoms with E-state index in [1.54, 1.807) is 86.5 Å². The number of alkyl halides is 6. The van der Waals surface area contributed by atoms with Crippen LogP contribution in [0.5, 0.6) is 0 Å². The van der Waals surface area contributed by atoms with Gasteiger partial charge in [0.2, 0.25) is 0 Å². The molecule has 0 N–H and O–H groups in total. The number of benzene rings is 2. The Labute approximate surface area is 285 Å². The van der Waals surface area contributed by atoms with Crippen molar-refractivity contribution >= 4 is 33.1 Å². The summed E-state index contributed by atoms with van der Waals surface area (Å²) in [6.45, 7) is 7.25. The predicted octanol–water partition coefficient (Wildman–Crippen LogP) is 8.24. The molecule has 0 radical (unpaired) electrons. The molecule has 5 heterocycles. The first-order chi connectivity index (χ1) is 23.2. The Morgan fingerprint density at radius 3 is 1.86 bits per heavy atom. The highest BCUT2D eigenvalue weighted by Crippen LogP contribution is 2.45. The molecule has 0 aliphatic carbocycles. The maximum absolute atomic E-state index is 15.2. The second kappa shape index (κ2) is 10.7. The van der Waals surface area contributed by atoms with E-state index in [1.807, 2.05) is 27.7 Å². The van der Waals surface area contributed by atoms with Crippen LogP contribution in [-0.2, 0) is 23.3 Å². The van der Waals surface area contributed by atoms with Crippen LogP contribution in [0, 0.1) is 0 Å². The second-order valence-electron chi connectivity index (χ2n) is 14.3. The zero-order valence-corrected chi connectivity index (χ0v) is 28.8. The van der Waals surface area contributed by atoms with E-state index in [0.717, 1.165) is 9.25 Å². The van der Waals surface area contributed by atoms with Gasteiger partial charge in [-0.2, -0.15) is 13.2 Å². The van der Waals surface area contributed by atoms with Crippen LogP contribution in [0.1, 0.15) is 55.9 Å². The van der Waals surface area contributed by atoms with Gasteiger partial charge in [-0.15, -0.1) is 22.5 Å². The van der Waals surface area contributed by atoms with Crippen LogP contribution in [0.25, 0.3) is 33.3 Å². The van der Waals surface area contributed by atoms with Gasteiger partial charge in [0.05, 0.1) is 22.7 Å². The fourth-order valence-corrected chi connectivity index (χ4v) is 7.07. The monoisotopic (exact) mass is 692 g/mol. The molecule has 1 aliphatic rings. The molecule has 2 aromatic carbocycles. The van der Waals surface area contributed by atoms with Gasteiger partial charge in [0.1, 0.15) is 17.7 Å². The topological polar surface area (TPSA) is 46.0 Å². The Bertz CT molecular complexity index is 2160. The van der Waals surface area contributed by atoms with Crippen LogP contribution in [0.3, 0.4) is 0 Å². The maximum atomic E-state index is 15.2. The highest BCUT2D eigenvalue weighted by Gasteiger charge is 2.43. The van der Waals surface area contributed by atoms with Crippen molar-refractivity contribution in [1.82, 2.24) is 19.2 Å². The number of fused-ring (bicyclic) bond motifs is 8. The fourth-order valence-electron chi connectivity index (χ4n) is 7.07. The molecule has 50 heavy (non-hydrogen) atoms. The molecule has 13 heteroatoms. The fraction of sp³-hybridized carbons (Fsp3) is 0.324. The average molecular weight is 693 g/mol. The Morgan fingerprint density at radius 2 is 1.26 bits per heavy atom. The van der Waals surface area contributed by atoms with Crippen LogP contribution in [-0.4, -0.2) is 47.4 Å². The van der Waals surface area contributed by atoms with E-state index < -0.39 is 29.0 Å². The molecule has 6 aromatic rings. The van der Waals surface area contributed by atoms with E-state index >= 15 is 26.3 Å². The number of aromatic nitrogens is 5. The van der Waals surface area contributed by atoms with Gasteiger partial charge in [0.25, 0.3) is 0 Å². The third-order valence-corrected chi connectivity index (χ3v) is 9.88. The van der Waals surface area contributed by atoms with Gasteiger partial charge >= 0.3 is 18.3 Å². The smallest absolute Gasteiger partial charge is 0.377 e. The summed E-state index contributed by atoms with van der Waals surface area (Å²) in [5.74, 6) is 0.0649. The summed E-state index contributed by atoms with van der Waals surface area (Å²) in [7, 11) is 7.11. The molecule has 0 saturated heterocycles. The van der Waals surface area contributed by atoms with Gasteiger partial charge in [-0.3, -0.25) is 4.57 Å². The zero-order chi connectivity index (χ0) is 36.3. The average Bonchev–Trinajstić information content (AvgIpc) is 3.63. The number of pyridine rings is 2. The summed E-state index contributed by atoms with van der Waals surface area (Å²) in [5, 5.41) is 0.566. The minimum absolute atomic E-state index is 0.0160. The lowest BCUT2D eigenvalue weighted by molar-refractivity contribution is -0.712. The van der Waals surface area contributed by atoms with Crippen molar-refractivity contribution in [2.45, 2.75) is 51.0 Å². The zero-order valence-electron chi connectivity index (χ0n) is 28.8.